The quantitative estimate of drug-likeness (QED) is 0.189. The molecule has 11 heteroatoms. The van der Waals surface area contributed by atoms with Crippen LogP contribution in [0.25, 0.3) is 32.7 Å². The van der Waals surface area contributed by atoms with Gasteiger partial charge >= 0.3 is 0 Å². The maximum Gasteiger partial charge on any atom is 0.262 e. The number of hydrogen-bond acceptors (Lipinski definition) is 8. The number of nitrogens with zero attached hydrogens (tertiary/aromatic N) is 4. The molecule has 0 amide bonds. The van der Waals surface area contributed by atoms with Crippen molar-refractivity contribution in [3.63, 3.8) is 0 Å². The summed E-state index contributed by atoms with van der Waals surface area (Å²) >= 11 is 1.19. The average Bonchev–Trinajstić information content (AvgIpc) is 3.40. The molecule has 0 fully saturated rings. The van der Waals surface area contributed by atoms with E-state index in [0.29, 0.717) is 42.9 Å². The van der Waals surface area contributed by atoms with Gasteiger partial charge in [-0.3, -0.25) is 4.72 Å². The number of aromatic hydroxyl groups is 1. The van der Waals surface area contributed by atoms with Crippen molar-refractivity contribution in [1.82, 2.24) is 19.9 Å². The SMILES string of the molecule is CN(C)c1cccc2c(S(=O)(=O)Nc3cc(Sc4ncnc5nc[nH]c45)c(O)c4ccccc34)cccc12. The Morgan fingerprint density at radius 2 is 1.63 bits per heavy atom. The predicted octanol–water partition coefficient (Wildman–Crippen LogP) is 5.38. The van der Waals surface area contributed by atoms with Crippen molar-refractivity contribution in [2.75, 3.05) is 23.7 Å². The van der Waals surface area contributed by atoms with Crippen LogP contribution in [0.5, 0.6) is 5.75 Å². The molecule has 6 aromatic rings. The molecule has 0 spiro atoms. The monoisotopic (exact) mass is 542 g/mol. The summed E-state index contributed by atoms with van der Waals surface area (Å²) in [7, 11) is -0.161. The molecule has 3 N–H and O–H groups in total. The lowest BCUT2D eigenvalue weighted by atomic mass is 10.1. The number of sulfonamides is 1. The van der Waals surface area contributed by atoms with E-state index in [-0.39, 0.29) is 10.6 Å². The second-order valence-electron chi connectivity index (χ2n) is 8.83. The topological polar surface area (TPSA) is 124 Å². The van der Waals surface area contributed by atoms with Crippen molar-refractivity contribution in [2.24, 2.45) is 0 Å². The van der Waals surface area contributed by atoms with E-state index in [1.807, 2.05) is 37.2 Å². The first-order chi connectivity index (χ1) is 18.3. The first-order valence-electron chi connectivity index (χ1n) is 11.6. The number of benzene rings is 4. The van der Waals surface area contributed by atoms with Crippen molar-refractivity contribution in [2.45, 2.75) is 14.8 Å². The maximum atomic E-state index is 13.8. The number of aromatic amines is 1. The van der Waals surface area contributed by atoms with Crippen LogP contribution in [-0.4, -0.2) is 47.6 Å². The fourth-order valence-corrected chi connectivity index (χ4v) is 6.75. The van der Waals surface area contributed by atoms with E-state index in [2.05, 4.69) is 24.7 Å². The molecule has 0 unspecified atom stereocenters. The molecule has 0 saturated heterocycles. The molecule has 0 radical (unpaired) electrons. The Labute approximate surface area is 222 Å². The van der Waals surface area contributed by atoms with Crippen molar-refractivity contribution in [3.8, 4) is 5.75 Å². The fourth-order valence-electron chi connectivity index (χ4n) is 4.51. The Morgan fingerprint density at radius 3 is 2.45 bits per heavy atom. The Bertz CT molecular complexity index is 1950. The van der Waals surface area contributed by atoms with Gasteiger partial charge in [-0.25, -0.2) is 23.4 Å². The van der Waals surface area contributed by atoms with E-state index in [1.54, 1.807) is 48.5 Å². The van der Waals surface area contributed by atoms with Gasteiger partial charge in [0.1, 0.15) is 22.6 Å². The molecule has 2 aromatic heterocycles. The number of phenols is 1. The molecular weight excluding hydrogens is 520 g/mol. The van der Waals surface area contributed by atoms with Crippen LogP contribution in [0.2, 0.25) is 0 Å². The molecular formula is C27H22N6O3S2. The normalized spacial score (nSPS) is 11.8. The van der Waals surface area contributed by atoms with Gasteiger partial charge in [0.05, 0.1) is 21.8 Å². The van der Waals surface area contributed by atoms with Crippen LogP contribution >= 0.6 is 11.8 Å². The predicted molar refractivity (Wildman–Crippen MR) is 151 cm³/mol. The van der Waals surface area contributed by atoms with E-state index in [1.165, 1.54) is 24.4 Å². The molecule has 0 atom stereocenters. The third kappa shape index (κ3) is 4.05. The number of rotatable bonds is 6. The lowest BCUT2D eigenvalue weighted by Gasteiger charge is -2.18. The van der Waals surface area contributed by atoms with Gasteiger partial charge in [-0.15, -0.1) is 0 Å². The van der Waals surface area contributed by atoms with Crippen LogP contribution in [-0.2, 0) is 10.0 Å². The molecule has 9 nitrogen and oxygen atoms in total. The van der Waals surface area contributed by atoms with Gasteiger partial charge in [-0.05, 0) is 18.2 Å². The van der Waals surface area contributed by atoms with Crippen LogP contribution < -0.4 is 9.62 Å². The van der Waals surface area contributed by atoms with Gasteiger partial charge in [0, 0.05) is 41.3 Å². The number of fused-ring (bicyclic) bond motifs is 3. The Morgan fingerprint density at radius 1 is 0.895 bits per heavy atom. The second kappa shape index (κ2) is 9.19. The highest BCUT2D eigenvalue weighted by atomic mass is 32.2. The van der Waals surface area contributed by atoms with Crippen molar-refractivity contribution >= 4 is 65.9 Å². The third-order valence-electron chi connectivity index (χ3n) is 6.25. The summed E-state index contributed by atoms with van der Waals surface area (Å²) in [5.41, 5.74) is 2.39. The zero-order valence-electron chi connectivity index (χ0n) is 20.4. The number of hydrogen-bond donors (Lipinski definition) is 3. The largest absolute Gasteiger partial charge is 0.506 e. The van der Waals surface area contributed by atoms with Gasteiger partial charge in [-0.1, -0.05) is 60.3 Å². The molecule has 0 aliphatic heterocycles. The molecule has 4 aromatic carbocycles. The first-order valence-corrected chi connectivity index (χ1v) is 13.9. The summed E-state index contributed by atoms with van der Waals surface area (Å²) in [5.74, 6) is 0.0283. The summed E-state index contributed by atoms with van der Waals surface area (Å²) in [6.07, 6.45) is 2.92. The number of aromatic nitrogens is 4. The van der Waals surface area contributed by atoms with Crippen molar-refractivity contribution in [3.05, 3.63) is 79.4 Å². The summed E-state index contributed by atoms with van der Waals surface area (Å²) in [6.45, 7) is 0. The summed E-state index contributed by atoms with van der Waals surface area (Å²) < 4.78 is 30.4. The Hall–Kier alpha value is -4.35. The Kier molecular flexibility index (Phi) is 5.81. The average molecular weight is 543 g/mol. The van der Waals surface area contributed by atoms with E-state index < -0.39 is 10.0 Å². The minimum atomic E-state index is -4.00. The van der Waals surface area contributed by atoms with Gasteiger partial charge < -0.3 is 15.0 Å². The lowest BCUT2D eigenvalue weighted by Crippen LogP contribution is -2.14. The number of phenolic OH excluding ortho intramolecular Hbond substituents is 1. The highest BCUT2D eigenvalue weighted by molar-refractivity contribution is 7.99. The van der Waals surface area contributed by atoms with Gasteiger partial charge in [0.15, 0.2) is 5.65 Å². The molecule has 2 heterocycles. The standard InChI is InChI=1S/C27H22N6O3S2/c1-33(2)21-11-5-10-18-17(21)9-6-12-23(18)38(35,36)32-20-13-22(25(34)19-8-4-3-7-16(19)20)37-27-24-26(29-14-28-24)30-15-31-27/h3-15,32,34H,1-2H3,(H,28,29,30,31). The van der Waals surface area contributed by atoms with Crippen molar-refractivity contribution < 1.29 is 13.5 Å². The van der Waals surface area contributed by atoms with Crippen LogP contribution in [0, 0.1) is 0 Å². The minimum Gasteiger partial charge on any atom is -0.506 e. The first kappa shape index (κ1) is 24.0. The zero-order chi connectivity index (χ0) is 26.4. The highest BCUT2D eigenvalue weighted by Gasteiger charge is 2.22. The Balaban J connectivity index is 1.48. The molecule has 6 rings (SSSR count). The summed E-state index contributed by atoms with van der Waals surface area (Å²) in [4.78, 5) is 18.2. The van der Waals surface area contributed by atoms with Gasteiger partial charge in [0.2, 0.25) is 0 Å². The molecule has 0 aliphatic rings. The molecule has 38 heavy (non-hydrogen) atoms. The van der Waals surface area contributed by atoms with Crippen LogP contribution in [0.3, 0.4) is 0 Å². The lowest BCUT2D eigenvalue weighted by molar-refractivity contribution is 0.469. The third-order valence-corrected chi connectivity index (χ3v) is 8.71. The molecule has 190 valence electrons. The fraction of sp³-hybridized carbons (Fsp3) is 0.0741. The number of imidazole rings is 1. The number of anilines is 2. The van der Waals surface area contributed by atoms with E-state index in [4.69, 9.17) is 0 Å². The second-order valence-corrected chi connectivity index (χ2v) is 11.5. The molecule has 0 aliphatic carbocycles. The zero-order valence-corrected chi connectivity index (χ0v) is 22.0. The highest BCUT2D eigenvalue weighted by Crippen LogP contribution is 2.43. The maximum absolute atomic E-state index is 13.8. The van der Waals surface area contributed by atoms with E-state index in [0.717, 1.165) is 11.1 Å². The molecule has 0 saturated carbocycles. The van der Waals surface area contributed by atoms with Crippen LogP contribution in [0.15, 0.2) is 94.2 Å². The minimum absolute atomic E-state index is 0.0283. The van der Waals surface area contributed by atoms with E-state index in [9.17, 15) is 13.5 Å². The summed E-state index contributed by atoms with van der Waals surface area (Å²) in [5, 5.41) is 14.2. The smallest absolute Gasteiger partial charge is 0.262 e. The number of H-pyrrole nitrogens is 1. The molecule has 0 bridgehead atoms. The van der Waals surface area contributed by atoms with Crippen LogP contribution in [0.1, 0.15) is 0 Å². The van der Waals surface area contributed by atoms with E-state index >= 15 is 0 Å². The van der Waals surface area contributed by atoms with Gasteiger partial charge in [0.25, 0.3) is 10.0 Å². The van der Waals surface area contributed by atoms with Crippen molar-refractivity contribution in [1.29, 1.82) is 0 Å². The van der Waals surface area contributed by atoms with Crippen LogP contribution in [0.4, 0.5) is 11.4 Å². The van der Waals surface area contributed by atoms with Gasteiger partial charge in [-0.2, -0.15) is 0 Å². The number of nitrogens with one attached hydrogen (secondary N) is 2. The summed E-state index contributed by atoms with van der Waals surface area (Å²) in [6, 6.07) is 19.6.